The SMILES string of the molecule is COc1cc(NC(=O)c2cc(N)ccc2Cl)c(Br)cc1Br. The predicted octanol–water partition coefficient (Wildman–Crippen LogP) is 4.71. The van der Waals surface area contributed by atoms with Crippen molar-refractivity contribution in [2.24, 2.45) is 0 Å². The Bertz CT molecular complexity index is 708. The number of nitrogen functional groups attached to an aromatic ring is 1. The Morgan fingerprint density at radius 2 is 1.95 bits per heavy atom. The Morgan fingerprint density at radius 1 is 1.24 bits per heavy atom. The summed E-state index contributed by atoms with van der Waals surface area (Å²) in [5, 5.41) is 3.10. The number of hydrogen-bond donors (Lipinski definition) is 2. The second-order valence-corrected chi connectivity index (χ2v) is 6.28. The van der Waals surface area contributed by atoms with Crippen molar-refractivity contribution in [3.8, 4) is 5.75 Å². The van der Waals surface area contributed by atoms with E-state index in [2.05, 4.69) is 37.2 Å². The predicted molar refractivity (Wildman–Crippen MR) is 92.2 cm³/mol. The summed E-state index contributed by atoms with van der Waals surface area (Å²) < 4.78 is 6.69. The van der Waals surface area contributed by atoms with Gasteiger partial charge in [-0.3, -0.25) is 4.79 Å². The summed E-state index contributed by atoms with van der Waals surface area (Å²) in [5.41, 5.74) is 7.03. The van der Waals surface area contributed by atoms with E-state index in [1.807, 2.05) is 0 Å². The summed E-state index contributed by atoms with van der Waals surface area (Å²) in [7, 11) is 1.55. The average Bonchev–Trinajstić information content (AvgIpc) is 2.44. The Balaban J connectivity index is 2.33. The van der Waals surface area contributed by atoms with Gasteiger partial charge in [-0.15, -0.1) is 0 Å². The topological polar surface area (TPSA) is 64.3 Å². The van der Waals surface area contributed by atoms with E-state index in [-0.39, 0.29) is 5.91 Å². The highest BCUT2D eigenvalue weighted by atomic mass is 79.9. The number of nitrogens with two attached hydrogens (primary N) is 1. The molecule has 0 atom stereocenters. The van der Waals surface area contributed by atoms with E-state index in [1.54, 1.807) is 31.4 Å². The van der Waals surface area contributed by atoms with Gasteiger partial charge in [0.05, 0.1) is 27.9 Å². The Morgan fingerprint density at radius 3 is 2.62 bits per heavy atom. The second-order valence-electron chi connectivity index (χ2n) is 4.16. The van der Waals surface area contributed by atoms with Crippen molar-refractivity contribution in [3.63, 3.8) is 0 Å². The maximum atomic E-state index is 12.3. The largest absolute Gasteiger partial charge is 0.495 e. The van der Waals surface area contributed by atoms with Crippen LogP contribution < -0.4 is 15.8 Å². The molecule has 0 saturated heterocycles. The molecule has 4 nitrogen and oxygen atoms in total. The maximum Gasteiger partial charge on any atom is 0.257 e. The highest BCUT2D eigenvalue weighted by Gasteiger charge is 2.14. The average molecular weight is 435 g/mol. The van der Waals surface area contributed by atoms with Crippen molar-refractivity contribution in [2.45, 2.75) is 0 Å². The quantitative estimate of drug-likeness (QED) is 0.688. The molecule has 0 aliphatic heterocycles. The summed E-state index contributed by atoms with van der Waals surface area (Å²) in [5.74, 6) is 0.254. The fourth-order valence-electron chi connectivity index (χ4n) is 1.69. The molecule has 0 heterocycles. The summed E-state index contributed by atoms with van der Waals surface area (Å²) in [6, 6.07) is 8.24. The molecule has 0 aromatic heterocycles. The van der Waals surface area contributed by atoms with Gasteiger partial charge in [0.25, 0.3) is 5.91 Å². The lowest BCUT2D eigenvalue weighted by Gasteiger charge is -2.12. The zero-order valence-electron chi connectivity index (χ0n) is 10.9. The molecular weight excluding hydrogens is 423 g/mol. The first kappa shape index (κ1) is 16.1. The van der Waals surface area contributed by atoms with Crippen LogP contribution >= 0.6 is 43.5 Å². The summed E-state index contributed by atoms with van der Waals surface area (Å²) in [6.45, 7) is 0. The van der Waals surface area contributed by atoms with Gasteiger partial charge in [-0.2, -0.15) is 0 Å². The molecule has 7 heteroatoms. The van der Waals surface area contributed by atoms with Crippen molar-refractivity contribution in [1.82, 2.24) is 0 Å². The smallest absolute Gasteiger partial charge is 0.257 e. The second kappa shape index (κ2) is 6.68. The molecule has 1 amide bonds. The number of carbonyl (C=O) groups excluding carboxylic acids is 1. The number of methoxy groups -OCH3 is 1. The first-order valence-electron chi connectivity index (χ1n) is 5.81. The van der Waals surface area contributed by atoms with Crippen LogP contribution in [0.3, 0.4) is 0 Å². The molecule has 0 unspecified atom stereocenters. The van der Waals surface area contributed by atoms with E-state index < -0.39 is 0 Å². The number of nitrogens with one attached hydrogen (secondary N) is 1. The molecule has 110 valence electrons. The molecule has 0 aliphatic rings. The molecule has 0 radical (unpaired) electrons. The Labute approximate surface area is 143 Å². The van der Waals surface area contributed by atoms with E-state index in [0.717, 1.165) is 4.47 Å². The normalized spacial score (nSPS) is 10.3. The standard InChI is InChI=1S/C14H11Br2ClN2O2/c1-21-13-6-12(9(15)5-10(13)16)19-14(20)8-4-7(18)2-3-11(8)17/h2-6H,18H2,1H3,(H,19,20). The van der Waals surface area contributed by atoms with Gasteiger partial charge in [0, 0.05) is 16.2 Å². The first-order valence-corrected chi connectivity index (χ1v) is 7.78. The molecule has 0 bridgehead atoms. The minimum Gasteiger partial charge on any atom is -0.495 e. The van der Waals surface area contributed by atoms with Crippen molar-refractivity contribution in [2.75, 3.05) is 18.2 Å². The third-order valence-corrected chi connectivity index (χ3v) is 4.33. The number of carbonyl (C=O) groups is 1. The van der Waals surface area contributed by atoms with Crippen LogP contribution in [-0.4, -0.2) is 13.0 Å². The van der Waals surface area contributed by atoms with Crippen LogP contribution in [0.1, 0.15) is 10.4 Å². The highest BCUT2D eigenvalue weighted by molar-refractivity contribution is 9.11. The van der Waals surface area contributed by atoms with Gasteiger partial charge in [-0.05, 0) is 56.1 Å². The van der Waals surface area contributed by atoms with Crippen LogP contribution in [0.2, 0.25) is 5.02 Å². The van der Waals surface area contributed by atoms with E-state index >= 15 is 0 Å². The van der Waals surface area contributed by atoms with Crippen molar-refractivity contribution < 1.29 is 9.53 Å². The van der Waals surface area contributed by atoms with Gasteiger partial charge >= 0.3 is 0 Å². The first-order chi connectivity index (χ1) is 9.92. The van der Waals surface area contributed by atoms with Crippen molar-refractivity contribution in [3.05, 3.63) is 49.9 Å². The maximum absolute atomic E-state index is 12.3. The molecule has 0 aliphatic carbocycles. The number of rotatable bonds is 3. The fraction of sp³-hybridized carbons (Fsp3) is 0.0714. The van der Waals surface area contributed by atoms with E-state index in [4.69, 9.17) is 22.1 Å². The van der Waals surface area contributed by atoms with Crippen LogP contribution in [0.25, 0.3) is 0 Å². The zero-order valence-corrected chi connectivity index (χ0v) is 14.8. The molecule has 3 N–H and O–H groups in total. The zero-order chi connectivity index (χ0) is 15.6. The Hall–Kier alpha value is -1.24. The summed E-state index contributed by atoms with van der Waals surface area (Å²) in [6.07, 6.45) is 0. The number of amides is 1. The van der Waals surface area contributed by atoms with Crippen molar-refractivity contribution >= 4 is 60.7 Å². The van der Waals surface area contributed by atoms with Crippen LogP contribution in [0, 0.1) is 0 Å². The van der Waals surface area contributed by atoms with Crippen LogP contribution in [0.5, 0.6) is 5.75 Å². The summed E-state index contributed by atoms with van der Waals surface area (Å²) in [4.78, 5) is 12.3. The molecular formula is C14H11Br2ClN2O2. The number of halogens is 3. The van der Waals surface area contributed by atoms with Crippen LogP contribution in [-0.2, 0) is 0 Å². The van der Waals surface area contributed by atoms with Gasteiger partial charge in [0.2, 0.25) is 0 Å². The molecule has 2 aromatic rings. The molecule has 2 rings (SSSR count). The molecule has 0 spiro atoms. The summed E-state index contributed by atoms with van der Waals surface area (Å²) >= 11 is 12.8. The van der Waals surface area contributed by atoms with Gasteiger partial charge < -0.3 is 15.8 Å². The number of benzene rings is 2. The lowest BCUT2D eigenvalue weighted by Crippen LogP contribution is -2.13. The monoisotopic (exact) mass is 432 g/mol. The number of ether oxygens (including phenoxy) is 1. The molecule has 0 saturated carbocycles. The van der Waals surface area contributed by atoms with Gasteiger partial charge in [-0.1, -0.05) is 11.6 Å². The Kier molecular flexibility index (Phi) is 5.13. The van der Waals surface area contributed by atoms with Gasteiger partial charge in [0.1, 0.15) is 5.75 Å². The lowest BCUT2D eigenvalue weighted by atomic mass is 10.2. The van der Waals surface area contributed by atoms with Gasteiger partial charge in [-0.25, -0.2) is 0 Å². The third kappa shape index (κ3) is 3.70. The lowest BCUT2D eigenvalue weighted by molar-refractivity contribution is 0.102. The minimum atomic E-state index is -0.350. The minimum absolute atomic E-state index is 0.311. The van der Waals surface area contributed by atoms with E-state index in [1.165, 1.54) is 6.07 Å². The van der Waals surface area contributed by atoms with E-state index in [0.29, 0.717) is 32.2 Å². The number of anilines is 2. The fourth-order valence-corrected chi connectivity index (χ4v) is 3.15. The van der Waals surface area contributed by atoms with Crippen LogP contribution in [0.4, 0.5) is 11.4 Å². The number of hydrogen-bond acceptors (Lipinski definition) is 3. The van der Waals surface area contributed by atoms with Gasteiger partial charge in [0.15, 0.2) is 0 Å². The van der Waals surface area contributed by atoms with Crippen molar-refractivity contribution in [1.29, 1.82) is 0 Å². The van der Waals surface area contributed by atoms with E-state index in [9.17, 15) is 4.79 Å². The molecule has 2 aromatic carbocycles. The van der Waals surface area contributed by atoms with Crippen LogP contribution in [0.15, 0.2) is 39.3 Å². The third-order valence-electron chi connectivity index (χ3n) is 2.72. The molecule has 0 fully saturated rings. The molecule has 21 heavy (non-hydrogen) atoms. The highest BCUT2D eigenvalue weighted by Crippen LogP contribution is 2.35.